The Kier molecular flexibility index (Phi) is 9.26. The minimum Gasteiger partial charge on any atom is -0.355 e. The molecule has 8 nitrogen and oxygen atoms in total. The third kappa shape index (κ3) is 6.85. The zero-order valence-corrected chi connectivity index (χ0v) is 24.2. The van der Waals surface area contributed by atoms with E-state index in [0.29, 0.717) is 38.0 Å². The number of halogens is 2. The lowest BCUT2D eigenvalue weighted by Crippen LogP contribution is -2.37. The summed E-state index contributed by atoms with van der Waals surface area (Å²) in [7, 11) is 3.18. The topological polar surface area (TPSA) is 109 Å². The highest BCUT2D eigenvalue weighted by atomic mass is 79.9. The van der Waals surface area contributed by atoms with Crippen LogP contribution in [0.1, 0.15) is 38.8 Å². The first-order valence-corrected chi connectivity index (χ1v) is 13.5. The highest BCUT2D eigenvalue weighted by Crippen LogP contribution is 2.24. The normalized spacial score (nSPS) is 11.5. The van der Waals surface area contributed by atoms with Crippen molar-refractivity contribution < 1.29 is 18.8 Å². The van der Waals surface area contributed by atoms with Gasteiger partial charge in [0, 0.05) is 28.2 Å². The highest BCUT2D eigenvalue weighted by Gasteiger charge is 2.18. The maximum Gasteiger partial charge on any atom is 0.275 e. The van der Waals surface area contributed by atoms with Gasteiger partial charge in [-0.25, -0.2) is 4.39 Å². The predicted octanol–water partition coefficient (Wildman–Crippen LogP) is 4.60. The van der Waals surface area contributed by atoms with Gasteiger partial charge in [-0.2, -0.15) is 0 Å². The van der Waals surface area contributed by atoms with Gasteiger partial charge < -0.3 is 20.5 Å². The van der Waals surface area contributed by atoms with Crippen molar-refractivity contribution in [3.63, 3.8) is 0 Å². The van der Waals surface area contributed by atoms with Crippen LogP contribution in [0.5, 0.6) is 0 Å². The maximum absolute atomic E-state index is 13.8. The van der Waals surface area contributed by atoms with Crippen LogP contribution in [0.15, 0.2) is 88.1 Å². The number of carbonyl (C=O) groups excluding carboxylic acids is 3. The largest absolute Gasteiger partial charge is 0.355 e. The molecule has 210 valence electrons. The number of likely N-dealkylation sites (N-methyl/N-ethyl adjacent to an activating group) is 1. The van der Waals surface area contributed by atoms with Crippen LogP contribution in [0, 0.1) is 5.82 Å². The van der Waals surface area contributed by atoms with Crippen molar-refractivity contribution in [2.24, 2.45) is 0 Å². The van der Waals surface area contributed by atoms with E-state index in [1.165, 1.54) is 41.9 Å². The number of hydrogen-bond acceptors (Lipinski definition) is 5. The molecular formula is C31H28BrFN4O4. The number of benzene rings is 3. The van der Waals surface area contributed by atoms with Crippen LogP contribution in [-0.4, -0.2) is 42.3 Å². The number of anilines is 1. The minimum atomic E-state index is -0.531. The molecule has 0 aliphatic rings. The van der Waals surface area contributed by atoms with Crippen molar-refractivity contribution in [2.75, 3.05) is 19.4 Å². The van der Waals surface area contributed by atoms with E-state index in [0.717, 1.165) is 0 Å². The predicted molar refractivity (Wildman–Crippen MR) is 160 cm³/mol. The van der Waals surface area contributed by atoms with Crippen LogP contribution in [0.25, 0.3) is 11.3 Å². The molecule has 0 fully saturated rings. The molecule has 1 aromatic heterocycles. The van der Waals surface area contributed by atoms with Crippen LogP contribution in [0.2, 0.25) is 0 Å². The zero-order chi connectivity index (χ0) is 29.7. The van der Waals surface area contributed by atoms with Gasteiger partial charge in [-0.1, -0.05) is 28.1 Å². The molecule has 0 unspecified atom stereocenters. The lowest BCUT2D eigenvalue weighted by molar-refractivity contribution is -0.117. The first-order valence-electron chi connectivity index (χ1n) is 12.8. The quantitative estimate of drug-likeness (QED) is 0.238. The van der Waals surface area contributed by atoms with Gasteiger partial charge >= 0.3 is 0 Å². The molecule has 4 rings (SSSR count). The van der Waals surface area contributed by atoms with Gasteiger partial charge in [0.1, 0.15) is 11.5 Å². The summed E-state index contributed by atoms with van der Waals surface area (Å²) in [6.45, 7) is 1.72. The Morgan fingerprint density at radius 2 is 1.63 bits per heavy atom. The summed E-state index contributed by atoms with van der Waals surface area (Å²) in [4.78, 5) is 51.8. The second-order valence-electron chi connectivity index (χ2n) is 9.37. The van der Waals surface area contributed by atoms with Crippen molar-refractivity contribution in [3.8, 4) is 11.3 Å². The first-order chi connectivity index (χ1) is 19.6. The first kappa shape index (κ1) is 29.6. The van der Waals surface area contributed by atoms with Gasteiger partial charge in [-0.05, 0) is 91.8 Å². The lowest BCUT2D eigenvalue weighted by atomic mass is 10.0. The van der Waals surface area contributed by atoms with Crippen LogP contribution in [0.4, 0.5) is 10.1 Å². The van der Waals surface area contributed by atoms with E-state index < -0.39 is 17.4 Å². The Morgan fingerprint density at radius 3 is 2.32 bits per heavy atom. The highest BCUT2D eigenvalue weighted by molar-refractivity contribution is 9.10. The van der Waals surface area contributed by atoms with Crippen molar-refractivity contribution in [1.29, 1.82) is 0 Å². The molecule has 0 aliphatic heterocycles. The number of hydrogen-bond donors (Lipinski definition) is 3. The van der Waals surface area contributed by atoms with E-state index in [2.05, 4.69) is 31.9 Å². The summed E-state index contributed by atoms with van der Waals surface area (Å²) in [5.41, 5.74) is 2.46. The van der Waals surface area contributed by atoms with E-state index in [1.807, 2.05) is 0 Å². The molecule has 0 saturated carbocycles. The summed E-state index contributed by atoms with van der Waals surface area (Å²) in [6, 6.07) is 19.9. The van der Waals surface area contributed by atoms with E-state index in [1.54, 1.807) is 62.5 Å². The van der Waals surface area contributed by atoms with E-state index in [-0.39, 0.29) is 29.8 Å². The zero-order valence-electron chi connectivity index (χ0n) is 22.6. The number of rotatable bonds is 9. The third-order valence-corrected chi connectivity index (χ3v) is 7.03. The molecule has 0 spiro atoms. The Balaban J connectivity index is 1.81. The number of amides is 2. The fourth-order valence-corrected chi connectivity index (χ4v) is 4.78. The summed E-state index contributed by atoms with van der Waals surface area (Å²) < 4.78 is 15.5. The standard InChI is InChI=1S/C31H28BrFN4O4/c1-18(34-2)29(39)36-26-11-12-27(21-5-4-6-22(15-21)30(40)35-3)37(31(26)41)17-19-13-23(16-24(32)14-19)28(38)20-7-9-25(33)10-8-20/h4-16,18,34H,17H2,1-3H3,(H,35,40)(H,36,39)/t18-/m1/s1. The van der Waals surface area contributed by atoms with Gasteiger partial charge in [0.25, 0.3) is 11.5 Å². The Hall–Kier alpha value is -4.41. The van der Waals surface area contributed by atoms with Crippen LogP contribution in [0.3, 0.4) is 0 Å². The van der Waals surface area contributed by atoms with Crippen molar-refractivity contribution in [2.45, 2.75) is 19.5 Å². The Bertz CT molecular complexity index is 1680. The SMILES string of the molecule is CNC(=O)c1cccc(-c2ccc(NC(=O)[C@@H](C)NC)c(=O)n2Cc2cc(Br)cc(C(=O)c3ccc(F)cc3)c2)c1. The van der Waals surface area contributed by atoms with Crippen molar-refractivity contribution in [3.05, 3.63) is 122 Å². The fourth-order valence-electron chi connectivity index (χ4n) is 4.24. The second kappa shape index (κ2) is 12.8. The molecule has 0 saturated heterocycles. The summed E-state index contributed by atoms with van der Waals surface area (Å²) >= 11 is 3.46. The summed E-state index contributed by atoms with van der Waals surface area (Å²) in [6.07, 6.45) is 0. The molecule has 2 amide bonds. The van der Waals surface area contributed by atoms with Gasteiger partial charge in [-0.15, -0.1) is 0 Å². The fraction of sp³-hybridized carbons (Fsp3) is 0.161. The number of ketones is 1. The maximum atomic E-state index is 13.8. The monoisotopic (exact) mass is 618 g/mol. The summed E-state index contributed by atoms with van der Waals surface area (Å²) in [5.74, 6) is -1.40. The average molecular weight is 619 g/mol. The van der Waals surface area contributed by atoms with E-state index in [4.69, 9.17) is 0 Å². The van der Waals surface area contributed by atoms with E-state index in [9.17, 15) is 23.6 Å². The van der Waals surface area contributed by atoms with Crippen LogP contribution in [-0.2, 0) is 11.3 Å². The second-order valence-corrected chi connectivity index (χ2v) is 10.3. The van der Waals surface area contributed by atoms with Crippen LogP contribution >= 0.6 is 15.9 Å². The molecule has 1 atom stereocenters. The lowest BCUT2D eigenvalue weighted by Gasteiger charge is -2.18. The molecule has 0 bridgehead atoms. The number of aromatic nitrogens is 1. The Labute approximate surface area is 244 Å². The van der Waals surface area contributed by atoms with Gasteiger partial charge in [-0.3, -0.25) is 19.2 Å². The molecule has 0 aliphatic carbocycles. The van der Waals surface area contributed by atoms with Crippen LogP contribution < -0.4 is 21.5 Å². The third-order valence-electron chi connectivity index (χ3n) is 6.57. The average Bonchev–Trinajstić information content (AvgIpc) is 2.98. The molecule has 10 heteroatoms. The number of nitrogens with one attached hydrogen (secondary N) is 3. The molecular weight excluding hydrogens is 591 g/mol. The Morgan fingerprint density at radius 1 is 0.902 bits per heavy atom. The molecule has 3 N–H and O–H groups in total. The van der Waals surface area contributed by atoms with Crippen molar-refractivity contribution in [1.82, 2.24) is 15.2 Å². The van der Waals surface area contributed by atoms with E-state index >= 15 is 0 Å². The van der Waals surface area contributed by atoms with Crippen molar-refractivity contribution >= 4 is 39.2 Å². The smallest absolute Gasteiger partial charge is 0.275 e. The van der Waals surface area contributed by atoms with Gasteiger partial charge in [0.2, 0.25) is 5.91 Å². The molecule has 4 aromatic rings. The molecule has 41 heavy (non-hydrogen) atoms. The number of pyridine rings is 1. The van der Waals surface area contributed by atoms with Gasteiger partial charge in [0.05, 0.1) is 18.3 Å². The number of carbonyl (C=O) groups is 3. The minimum absolute atomic E-state index is 0.0484. The van der Waals surface area contributed by atoms with Gasteiger partial charge in [0.15, 0.2) is 5.78 Å². The number of nitrogens with zero attached hydrogens (tertiary/aromatic N) is 1. The summed E-state index contributed by atoms with van der Waals surface area (Å²) in [5, 5.41) is 8.11. The molecule has 1 heterocycles. The molecule has 0 radical (unpaired) electrons. The molecule has 3 aromatic carbocycles.